The lowest BCUT2D eigenvalue weighted by molar-refractivity contribution is 0.195. The zero-order valence-electron chi connectivity index (χ0n) is 18.3. The monoisotopic (exact) mass is 453 g/mol. The number of hydrogen-bond donors (Lipinski definition) is 3. The largest absolute Gasteiger partial charge is 0.493 e. The van der Waals surface area contributed by atoms with Crippen LogP contribution < -0.4 is 16.6 Å². The lowest BCUT2D eigenvalue weighted by Crippen LogP contribution is -2.61. The molecule has 0 spiro atoms. The predicted octanol–water partition coefficient (Wildman–Crippen LogP) is 1.46. The second kappa shape index (κ2) is 9.51. The van der Waals surface area contributed by atoms with Crippen molar-refractivity contribution in [2.24, 2.45) is 10.8 Å². The van der Waals surface area contributed by atoms with Gasteiger partial charge in [0.1, 0.15) is 6.17 Å². The van der Waals surface area contributed by atoms with Crippen molar-refractivity contribution in [2.45, 2.75) is 19.1 Å². The summed E-state index contributed by atoms with van der Waals surface area (Å²) in [5.41, 5.74) is 6.44. The number of rotatable bonds is 4. The van der Waals surface area contributed by atoms with E-state index in [2.05, 4.69) is 20.6 Å². The third-order valence-corrected chi connectivity index (χ3v) is 6.03. The highest BCUT2D eigenvalue weighted by atomic mass is 32.1. The van der Waals surface area contributed by atoms with Gasteiger partial charge in [0.2, 0.25) is 0 Å². The molecule has 1 aliphatic carbocycles. The first-order valence-corrected chi connectivity index (χ1v) is 10.7. The Labute approximate surface area is 192 Å². The van der Waals surface area contributed by atoms with Gasteiger partial charge in [0, 0.05) is 36.6 Å². The number of aliphatic imine (C=N–C) groups is 1. The van der Waals surface area contributed by atoms with Crippen LogP contribution in [0, 0.1) is 0 Å². The Bertz CT molecular complexity index is 1030. The Morgan fingerprint density at radius 1 is 1.28 bits per heavy atom. The number of thiocarbonyl (C=S) groups is 1. The number of methoxy groups -OCH3 is 2. The van der Waals surface area contributed by atoms with E-state index in [4.69, 9.17) is 32.5 Å². The molecule has 4 rings (SSSR count). The van der Waals surface area contributed by atoms with Crippen LogP contribution in [0.1, 0.15) is 12.5 Å². The number of nitrogens with two attached hydrogens (primary N) is 1. The van der Waals surface area contributed by atoms with Crippen molar-refractivity contribution in [2.75, 3.05) is 27.3 Å². The standard InChI is InChI=1S/C22H27N7O2S/c1-4-16-21(25-9-10-28(16)22(32)27-23)29-13-26-20(14-5-7-24-8-6-14)15-11-18(30-2)19(31-3)12-17(15)29/h4-8,11-13,17,21,25H,9-10,23H2,1-3H3,(H,27,32)/b16-4-. The second-order valence-corrected chi connectivity index (χ2v) is 7.68. The Kier molecular flexibility index (Phi) is 6.54. The minimum atomic E-state index is -0.172. The van der Waals surface area contributed by atoms with Crippen LogP contribution in [-0.2, 0) is 9.47 Å². The maximum atomic E-state index is 5.62. The molecule has 1 aromatic rings. The third-order valence-electron chi connectivity index (χ3n) is 5.69. The first-order valence-electron chi connectivity index (χ1n) is 10.3. The normalized spacial score (nSPS) is 24.1. The topological polar surface area (TPSA) is 100 Å². The molecule has 32 heavy (non-hydrogen) atoms. The molecule has 3 heterocycles. The van der Waals surface area contributed by atoms with Gasteiger partial charge >= 0.3 is 0 Å². The first kappa shape index (κ1) is 22.0. The number of ether oxygens (including phenoxy) is 2. The van der Waals surface area contributed by atoms with Crippen molar-refractivity contribution >= 4 is 29.4 Å². The summed E-state index contributed by atoms with van der Waals surface area (Å²) in [5, 5.41) is 4.06. The molecular formula is C22H27N7O2S. The Morgan fingerprint density at radius 2 is 2.03 bits per heavy atom. The fourth-order valence-corrected chi connectivity index (χ4v) is 4.40. The molecule has 0 bridgehead atoms. The highest BCUT2D eigenvalue weighted by Crippen LogP contribution is 2.37. The van der Waals surface area contributed by atoms with Crippen molar-refractivity contribution in [3.05, 3.63) is 71.1 Å². The van der Waals surface area contributed by atoms with Gasteiger partial charge in [-0.3, -0.25) is 10.3 Å². The number of piperazine rings is 1. The Balaban J connectivity index is 1.79. The van der Waals surface area contributed by atoms with Crippen molar-refractivity contribution in [1.82, 2.24) is 25.5 Å². The highest BCUT2D eigenvalue weighted by molar-refractivity contribution is 7.80. The summed E-state index contributed by atoms with van der Waals surface area (Å²) in [7, 11) is 3.27. The molecule has 0 amide bonds. The summed E-state index contributed by atoms with van der Waals surface area (Å²) in [6.07, 6.45) is 11.3. The summed E-state index contributed by atoms with van der Waals surface area (Å²) >= 11 is 5.44. The van der Waals surface area contributed by atoms with E-state index in [1.54, 1.807) is 26.6 Å². The minimum Gasteiger partial charge on any atom is -0.493 e. The van der Waals surface area contributed by atoms with Crippen molar-refractivity contribution in [3.63, 3.8) is 0 Å². The number of nitrogens with one attached hydrogen (secondary N) is 2. The molecule has 1 fully saturated rings. The number of nitrogens with zero attached hydrogens (tertiary/aromatic N) is 4. The summed E-state index contributed by atoms with van der Waals surface area (Å²) in [6, 6.07) is 3.76. The number of aromatic nitrogens is 1. The van der Waals surface area contributed by atoms with E-state index in [0.29, 0.717) is 23.2 Å². The number of allylic oxidation sites excluding steroid dienone is 1. The number of pyridine rings is 1. The van der Waals surface area contributed by atoms with Crippen LogP contribution in [0.3, 0.4) is 0 Å². The lowest BCUT2D eigenvalue weighted by atomic mass is 9.92. The molecule has 4 N–H and O–H groups in total. The van der Waals surface area contributed by atoms with Crippen LogP contribution in [0.25, 0.3) is 5.70 Å². The van der Waals surface area contributed by atoms with Gasteiger partial charge in [0.15, 0.2) is 16.6 Å². The summed E-state index contributed by atoms with van der Waals surface area (Å²) in [5.74, 6) is 6.94. The fraction of sp³-hybridized carbons (Fsp3) is 0.318. The van der Waals surface area contributed by atoms with Crippen LogP contribution in [-0.4, -0.2) is 65.8 Å². The maximum Gasteiger partial charge on any atom is 0.187 e. The van der Waals surface area contributed by atoms with Gasteiger partial charge < -0.3 is 24.7 Å². The molecule has 1 aromatic heterocycles. The summed E-state index contributed by atoms with van der Waals surface area (Å²) in [6.45, 7) is 3.44. The molecule has 2 atom stereocenters. The molecule has 2 aliphatic heterocycles. The Morgan fingerprint density at radius 3 is 2.69 bits per heavy atom. The van der Waals surface area contributed by atoms with Gasteiger partial charge in [-0.15, -0.1) is 0 Å². The second-order valence-electron chi connectivity index (χ2n) is 7.30. The highest BCUT2D eigenvalue weighted by Gasteiger charge is 2.38. The third kappa shape index (κ3) is 3.88. The van der Waals surface area contributed by atoms with Gasteiger partial charge in [-0.05, 0) is 43.4 Å². The van der Waals surface area contributed by atoms with E-state index < -0.39 is 0 Å². The fourth-order valence-electron chi connectivity index (χ4n) is 4.21. The van der Waals surface area contributed by atoms with E-state index in [9.17, 15) is 0 Å². The first-order chi connectivity index (χ1) is 15.6. The number of hydrazine groups is 1. The molecule has 0 aromatic carbocycles. The quantitative estimate of drug-likeness (QED) is 0.355. The van der Waals surface area contributed by atoms with Gasteiger partial charge in [0.05, 0.1) is 38.0 Å². The van der Waals surface area contributed by atoms with Gasteiger partial charge in [-0.1, -0.05) is 6.08 Å². The zero-order chi connectivity index (χ0) is 22.7. The van der Waals surface area contributed by atoms with Crippen LogP contribution in [0.5, 0.6) is 0 Å². The Hall–Kier alpha value is -3.21. The van der Waals surface area contributed by atoms with E-state index >= 15 is 0 Å². The SMILES string of the molecule is C/C=C1/C(N2C=NC(c3ccncc3)=C3C=C(OC)C(OC)=CC32)NCCN1C(=S)NN. The molecule has 1 saturated heterocycles. The lowest BCUT2D eigenvalue weighted by Gasteiger charge is -2.46. The van der Waals surface area contributed by atoms with Crippen LogP contribution in [0.2, 0.25) is 0 Å². The molecule has 3 aliphatic rings. The van der Waals surface area contributed by atoms with Crippen molar-refractivity contribution in [3.8, 4) is 0 Å². The van der Waals surface area contributed by atoms with Gasteiger partial charge in [-0.2, -0.15) is 0 Å². The molecule has 2 unspecified atom stereocenters. The number of fused-ring (bicyclic) bond motifs is 1. The van der Waals surface area contributed by atoms with E-state index in [-0.39, 0.29) is 12.2 Å². The molecule has 0 saturated carbocycles. The van der Waals surface area contributed by atoms with Gasteiger partial charge in [-0.25, -0.2) is 10.8 Å². The van der Waals surface area contributed by atoms with Crippen LogP contribution in [0.4, 0.5) is 0 Å². The van der Waals surface area contributed by atoms with Crippen LogP contribution >= 0.6 is 12.2 Å². The molecule has 10 heteroatoms. The zero-order valence-corrected chi connectivity index (χ0v) is 19.1. The average molecular weight is 454 g/mol. The smallest absolute Gasteiger partial charge is 0.187 e. The summed E-state index contributed by atoms with van der Waals surface area (Å²) in [4.78, 5) is 13.1. The molecular weight excluding hydrogens is 426 g/mol. The summed E-state index contributed by atoms with van der Waals surface area (Å²) < 4.78 is 11.2. The number of hydrogen-bond acceptors (Lipinski definition) is 8. The van der Waals surface area contributed by atoms with Gasteiger partial charge in [0.25, 0.3) is 0 Å². The van der Waals surface area contributed by atoms with E-state index in [1.807, 2.05) is 48.5 Å². The van der Waals surface area contributed by atoms with Crippen LogP contribution in [0.15, 0.2) is 70.5 Å². The van der Waals surface area contributed by atoms with E-state index in [1.165, 1.54) is 0 Å². The molecule has 0 radical (unpaired) electrons. The van der Waals surface area contributed by atoms with Crippen molar-refractivity contribution < 1.29 is 9.47 Å². The van der Waals surface area contributed by atoms with E-state index in [0.717, 1.165) is 29.1 Å². The molecule has 168 valence electrons. The van der Waals surface area contributed by atoms with Crippen molar-refractivity contribution in [1.29, 1.82) is 0 Å². The molecule has 9 nitrogen and oxygen atoms in total. The maximum absolute atomic E-state index is 5.62. The minimum absolute atomic E-state index is 0.142. The average Bonchev–Trinajstić information content (AvgIpc) is 2.86. The predicted molar refractivity (Wildman–Crippen MR) is 128 cm³/mol.